The van der Waals surface area contributed by atoms with Crippen molar-refractivity contribution in [1.29, 1.82) is 0 Å². The van der Waals surface area contributed by atoms with Gasteiger partial charge in [-0.25, -0.2) is 28.6 Å². The quantitative estimate of drug-likeness (QED) is 0.0562. The summed E-state index contributed by atoms with van der Waals surface area (Å²) in [6, 6.07) is 0. The van der Waals surface area contributed by atoms with Gasteiger partial charge in [0.15, 0.2) is 22.8 Å². The fourth-order valence-corrected chi connectivity index (χ4v) is 16.6. The normalized spacial score (nSPS) is 34.3. The van der Waals surface area contributed by atoms with Gasteiger partial charge in [0.2, 0.25) is 11.8 Å². The standard InChI is InChI=1S/C45H74N7O19P3S/c1-24(27-7-8-28-34-29(11-14-45(27,28)5)44(4)13-10-26(53)18-25(44)19-30(34)54)6-9-33(56)75-17-16-47-32(55)12-15-48-41(59)38(58)43(2,3)21-68-74(65,66)71-73(63,64)67-20-31-37(70-72(60,61)62)36(57)42(69-31)52-23-51-35-39(46)49-22-50-40(35)52/h22-31,34,36-38,42,53-54,57-58H,6-21H2,1-5H3,(H,47,55)(H,48,59)(H,63,64)(H,65,66)(H2,46,49,50)(H2,60,61,62)/t24-,25+,26-,27-,28+,29?,30-,31-,34+,36-,37-,38+,42-,44+,45?/m1/s1. The number of carbonyl (C=O) groups excluding carboxylic acids is 3. The molecule has 17 atom stereocenters. The monoisotopic (exact) mass is 1140 g/mol. The van der Waals surface area contributed by atoms with Crippen molar-refractivity contribution in [3.63, 3.8) is 0 Å². The number of nitrogen functional groups attached to an aromatic ring is 1. The number of hydrogen-bond acceptors (Lipinski definition) is 20. The highest BCUT2D eigenvalue weighted by molar-refractivity contribution is 8.13. The van der Waals surface area contributed by atoms with Crippen LogP contribution in [0.5, 0.6) is 0 Å². The number of phosphoric acid groups is 3. The van der Waals surface area contributed by atoms with Crippen LogP contribution in [0.1, 0.15) is 111 Å². The molecular formula is C45H74N7O19P3S. The first-order chi connectivity index (χ1) is 34.9. The van der Waals surface area contributed by atoms with E-state index in [9.17, 15) is 68.1 Å². The number of nitrogens with zero attached hydrogens (tertiary/aromatic N) is 4. The third-order valence-corrected chi connectivity index (χ3v) is 21.0. The average Bonchev–Trinajstić information content (AvgIpc) is 4.01. The molecule has 5 aliphatic rings. The van der Waals surface area contributed by atoms with E-state index in [1.807, 2.05) is 0 Å². The number of anilines is 1. The van der Waals surface area contributed by atoms with Crippen LogP contribution in [0.3, 0.4) is 0 Å². The van der Waals surface area contributed by atoms with Crippen LogP contribution in [0.15, 0.2) is 12.7 Å². The topological polar surface area (TPSA) is 404 Å². The molecular weight excluding hydrogens is 1070 g/mol. The fourth-order valence-electron chi connectivity index (χ4n) is 13.1. The molecule has 0 radical (unpaired) electrons. The number of ether oxygens (including phenoxy) is 1. The van der Waals surface area contributed by atoms with E-state index in [4.69, 9.17) is 19.5 Å². The summed E-state index contributed by atoms with van der Waals surface area (Å²) < 4.78 is 62.7. The van der Waals surface area contributed by atoms with E-state index in [1.54, 1.807) is 0 Å². The van der Waals surface area contributed by atoms with Crippen LogP contribution in [0.4, 0.5) is 5.82 Å². The lowest BCUT2D eigenvalue weighted by molar-refractivity contribution is -0.174. The summed E-state index contributed by atoms with van der Waals surface area (Å²) in [5.74, 6) is 1.28. The number of carbonyl (C=O) groups is 3. The minimum absolute atomic E-state index is 0.0288. The lowest BCUT2D eigenvalue weighted by Crippen LogP contribution is -2.58. The Kier molecular flexibility index (Phi) is 19.0. The lowest BCUT2D eigenvalue weighted by atomic mass is 9.43. The molecule has 4 aliphatic carbocycles. The van der Waals surface area contributed by atoms with Gasteiger partial charge in [0, 0.05) is 37.1 Å². The second-order valence-corrected chi connectivity index (χ2v) is 27.6. The van der Waals surface area contributed by atoms with Crippen LogP contribution in [-0.4, -0.2) is 145 Å². The molecule has 0 spiro atoms. The Morgan fingerprint density at radius 3 is 2.35 bits per heavy atom. The van der Waals surface area contributed by atoms with Crippen LogP contribution in [0, 0.1) is 51.8 Å². The molecule has 7 rings (SSSR count). The van der Waals surface area contributed by atoms with E-state index >= 15 is 0 Å². The van der Waals surface area contributed by atoms with Gasteiger partial charge in [0.05, 0.1) is 31.7 Å². The maximum absolute atomic E-state index is 13.0. The number of imidazole rings is 1. The third kappa shape index (κ3) is 13.9. The highest BCUT2D eigenvalue weighted by atomic mass is 32.2. The maximum Gasteiger partial charge on any atom is 0.481 e. The van der Waals surface area contributed by atoms with E-state index in [0.29, 0.717) is 41.8 Å². The van der Waals surface area contributed by atoms with Gasteiger partial charge in [-0.15, -0.1) is 0 Å². The van der Waals surface area contributed by atoms with Gasteiger partial charge < -0.3 is 61.1 Å². The number of fused-ring (bicyclic) bond motifs is 6. The number of aliphatic hydroxyl groups excluding tert-OH is 4. The summed E-state index contributed by atoms with van der Waals surface area (Å²) >= 11 is 1.15. The van der Waals surface area contributed by atoms with Gasteiger partial charge in [-0.2, -0.15) is 4.31 Å². The SMILES string of the molecule is C[C@H](CCC(=O)SCCNC(=O)CCNC(=O)[C@H](O)C(C)(C)COP(=O)(O)OP(=O)(O)OC[C@H]1O[C@@H](n2cnc3c(N)ncnc32)[C@H](O)[C@@H]1OP(=O)(O)O)[C@H]1CC[C@H]2[C@H]3C(CCC12C)[C@@]1(C)CC[C@@H](O)C[C@H]1C[C@H]3O. The molecule has 2 aromatic rings. The van der Waals surface area contributed by atoms with Crippen molar-refractivity contribution >= 4 is 69.1 Å². The van der Waals surface area contributed by atoms with E-state index in [0.717, 1.165) is 86.8 Å². The Morgan fingerprint density at radius 1 is 0.933 bits per heavy atom. The predicted molar refractivity (Wildman–Crippen MR) is 268 cm³/mol. The molecule has 4 saturated carbocycles. The second-order valence-electron chi connectivity index (χ2n) is 22.3. The summed E-state index contributed by atoms with van der Waals surface area (Å²) in [5.41, 5.74) is 4.55. The zero-order valence-electron chi connectivity index (χ0n) is 42.7. The third-order valence-electron chi connectivity index (χ3n) is 17.0. The Morgan fingerprint density at radius 2 is 1.63 bits per heavy atom. The first-order valence-corrected chi connectivity index (χ1v) is 30.9. The summed E-state index contributed by atoms with van der Waals surface area (Å²) in [4.78, 5) is 89.7. The molecule has 26 nitrogen and oxygen atoms in total. The highest BCUT2D eigenvalue weighted by Gasteiger charge is 2.63. The first kappa shape index (κ1) is 60.1. The van der Waals surface area contributed by atoms with Crippen molar-refractivity contribution in [2.24, 2.45) is 51.8 Å². The predicted octanol–water partition coefficient (Wildman–Crippen LogP) is 3.07. The summed E-state index contributed by atoms with van der Waals surface area (Å²) in [6.07, 6.45) is 1.45. The van der Waals surface area contributed by atoms with Gasteiger partial charge in [0.25, 0.3) is 0 Å². The zero-order valence-corrected chi connectivity index (χ0v) is 46.2. The molecule has 12 N–H and O–H groups in total. The van der Waals surface area contributed by atoms with Crippen molar-refractivity contribution < 1.29 is 90.7 Å². The average molecular weight is 1140 g/mol. The largest absolute Gasteiger partial charge is 0.481 e. The number of aliphatic hydroxyl groups is 4. The Labute approximate surface area is 438 Å². The number of rotatable bonds is 23. The molecule has 5 fully saturated rings. The van der Waals surface area contributed by atoms with Crippen LogP contribution >= 0.6 is 35.2 Å². The minimum Gasteiger partial charge on any atom is -0.393 e. The van der Waals surface area contributed by atoms with Crippen molar-refractivity contribution in [1.82, 2.24) is 30.2 Å². The van der Waals surface area contributed by atoms with Crippen LogP contribution in [0.25, 0.3) is 11.2 Å². The number of thioether (sulfide) groups is 1. The molecule has 3 heterocycles. The van der Waals surface area contributed by atoms with Gasteiger partial charge in [-0.05, 0) is 104 Å². The number of amides is 2. The molecule has 2 amide bonds. The number of hydrogen-bond donors (Lipinski definition) is 11. The molecule has 75 heavy (non-hydrogen) atoms. The van der Waals surface area contributed by atoms with Gasteiger partial charge in [-0.1, -0.05) is 46.4 Å². The van der Waals surface area contributed by atoms with Crippen LogP contribution < -0.4 is 16.4 Å². The number of aromatic nitrogens is 4. The number of phosphoric ester groups is 3. The van der Waals surface area contributed by atoms with E-state index < -0.39 is 84.6 Å². The first-order valence-electron chi connectivity index (χ1n) is 25.4. The molecule has 2 aromatic heterocycles. The lowest BCUT2D eigenvalue weighted by Gasteiger charge is -2.62. The van der Waals surface area contributed by atoms with Gasteiger partial charge >= 0.3 is 23.5 Å². The second kappa shape index (κ2) is 23.7. The molecule has 1 saturated heterocycles. The Hall–Kier alpha value is -2.52. The van der Waals surface area contributed by atoms with Crippen molar-refractivity contribution in [2.75, 3.05) is 37.8 Å². The fraction of sp³-hybridized carbons (Fsp3) is 0.822. The molecule has 4 unspecified atom stereocenters. The number of nitrogens with one attached hydrogen (secondary N) is 2. The summed E-state index contributed by atoms with van der Waals surface area (Å²) in [7, 11) is -16.5. The molecule has 0 aromatic carbocycles. The van der Waals surface area contributed by atoms with Crippen LogP contribution in [-0.2, 0) is 50.7 Å². The molecule has 0 bridgehead atoms. The van der Waals surface area contributed by atoms with Gasteiger partial charge in [-0.3, -0.25) is 32.5 Å². The van der Waals surface area contributed by atoms with E-state index in [2.05, 4.69) is 55.2 Å². The maximum atomic E-state index is 13.0. The molecule has 30 heteroatoms. The van der Waals surface area contributed by atoms with Crippen molar-refractivity contribution in [3.8, 4) is 0 Å². The molecule has 1 aliphatic heterocycles. The number of nitrogens with two attached hydrogens (primary N) is 1. The van der Waals surface area contributed by atoms with E-state index in [-0.39, 0.29) is 70.6 Å². The van der Waals surface area contributed by atoms with Crippen molar-refractivity contribution in [2.45, 2.75) is 148 Å². The smallest absolute Gasteiger partial charge is 0.393 e. The summed E-state index contributed by atoms with van der Waals surface area (Å²) in [5, 5.41) is 48.8. The Bertz CT molecular complexity index is 2530. The van der Waals surface area contributed by atoms with Gasteiger partial charge in [0.1, 0.15) is 36.3 Å². The minimum atomic E-state index is -5.60. The van der Waals surface area contributed by atoms with Crippen molar-refractivity contribution in [3.05, 3.63) is 12.7 Å². The van der Waals surface area contributed by atoms with Crippen LogP contribution in [0.2, 0.25) is 0 Å². The zero-order chi connectivity index (χ0) is 55.1. The molecule has 424 valence electrons. The highest BCUT2D eigenvalue weighted by Crippen LogP contribution is 2.68. The summed E-state index contributed by atoms with van der Waals surface area (Å²) in [6.45, 7) is 7.58. The Balaban J connectivity index is 0.778. The van der Waals surface area contributed by atoms with E-state index in [1.165, 1.54) is 13.8 Å².